The molecule has 8 nitrogen and oxygen atoms in total. The van der Waals surface area contributed by atoms with E-state index in [4.69, 9.17) is 37.9 Å². The van der Waals surface area contributed by atoms with Crippen LogP contribution in [0, 0.1) is 5.92 Å². The van der Waals surface area contributed by atoms with E-state index in [1.165, 1.54) is 0 Å². The van der Waals surface area contributed by atoms with Crippen LogP contribution >= 0.6 is 0 Å². The summed E-state index contributed by atoms with van der Waals surface area (Å²) in [6.07, 6.45) is 0.924. The van der Waals surface area contributed by atoms with Crippen LogP contribution in [0.4, 0.5) is 0 Å². The third kappa shape index (κ3) is 2.61. The molecule has 32 heavy (non-hydrogen) atoms. The molecule has 0 spiro atoms. The van der Waals surface area contributed by atoms with Gasteiger partial charge in [0.15, 0.2) is 23.0 Å². The summed E-state index contributed by atoms with van der Waals surface area (Å²) in [4.78, 5) is 0. The number of benzene rings is 2. The highest BCUT2D eigenvalue weighted by atomic mass is 16.7. The van der Waals surface area contributed by atoms with Gasteiger partial charge in [-0.1, -0.05) is 13.8 Å². The van der Waals surface area contributed by atoms with Crippen LogP contribution in [0.15, 0.2) is 6.07 Å². The molecule has 2 heterocycles. The summed E-state index contributed by atoms with van der Waals surface area (Å²) >= 11 is 0. The van der Waals surface area contributed by atoms with Crippen LogP contribution in [0.3, 0.4) is 0 Å². The Labute approximate surface area is 187 Å². The van der Waals surface area contributed by atoms with Crippen LogP contribution in [0.2, 0.25) is 0 Å². The van der Waals surface area contributed by atoms with E-state index in [0.29, 0.717) is 46.0 Å². The molecule has 0 N–H and O–H groups in total. The summed E-state index contributed by atoms with van der Waals surface area (Å²) in [5.41, 5.74) is 3.05. The highest BCUT2D eigenvalue weighted by Crippen LogP contribution is 2.65. The maximum atomic E-state index is 5.93. The zero-order valence-corrected chi connectivity index (χ0v) is 19.2. The second kappa shape index (κ2) is 7.76. The van der Waals surface area contributed by atoms with Gasteiger partial charge in [0.1, 0.15) is 0 Å². The normalized spacial score (nSPS) is 22.0. The van der Waals surface area contributed by atoms with Gasteiger partial charge in [-0.05, 0) is 24.3 Å². The lowest BCUT2D eigenvalue weighted by Gasteiger charge is -2.25. The minimum absolute atomic E-state index is 0.0772. The molecule has 0 aromatic heterocycles. The van der Waals surface area contributed by atoms with Crippen molar-refractivity contribution in [1.29, 1.82) is 0 Å². The van der Waals surface area contributed by atoms with Crippen LogP contribution < -0.4 is 37.9 Å². The van der Waals surface area contributed by atoms with Crippen molar-refractivity contribution >= 4 is 0 Å². The Balaban J connectivity index is 1.83. The lowest BCUT2D eigenvalue weighted by molar-refractivity contribution is 0.168. The lowest BCUT2D eigenvalue weighted by Crippen LogP contribution is -2.12. The molecule has 1 aliphatic carbocycles. The number of hydrogen-bond acceptors (Lipinski definition) is 8. The van der Waals surface area contributed by atoms with Gasteiger partial charge >= 0.3 is 0 Å². The van der Waals surface area contributed by atoms with E-state index in [0.717, 1.165) is 23.1 Å². The molecule has 0 fully saturated rings. The van der Waals surface area contributed by atoms with Gasteiger partial charge in [0, 0.05) is 22.6 Å². The van der Waals surface area contributed by atoms with Gasteiger partial charge in [-0.2, -0.15) is 0 Å². The van der Waals surface area contributed by atoms with E-state index in [2.05, 4.69) is 13.8 Å². The third-order valence-corrected chi connectivity index (χ3v) is 6.85. The van der Waals surface area contributed by atoms with E-state index in [1.807, 2.05) is 6.07 Å². The second-order valence-corrected chi connectivity index (χ2v) is 8.08. The molecule has 2 aliphatic heterocycles. The second-order valence-electron chi connectivity index (χ2n) is 8.08. The monoisotopic (exact) mass is 444 g/mol. The first-order valence-electron chi connectivity index (χ1n) is 10.7. The van der Waals surface area contributed by atoms with Gasteiger partial charge < -0.3 is 37.9 Å². The molecule has 172 valence electrons. The molecule has 8 heteroatoms. The van der Waals surface area contributed by atoms with Crippen molar-refractivity contribution < 1.29 is 37.9 Å². The molecular weight excluding hydrogens is 416 g/mol. The molecule has 0 unspecified atom stereocenters. The quantitative estimate of drug-likeness (QED) is 0.647. The summed E-state index contributed by atoms with van der Waals surface area (Å²) < 4.78 is 46.4. The van der Waals surface area contributed by atoms with Crippen molar-refractivity contribution in [1.82, 2.24) is 0 Å². The Morgan fingerprint density at radius 2 is 1.28 bits per heavy atom. The Morgan fingerprint density at radius 1 is 0.750 bits per heavy atom. The van der Waals surface area contributed by atoms with Crippen molar-refractivity contribution in [3.05, 3.63) is 22.8 Å². The fourth-order valence-electron chi connectivity index (χ4n) is 5.59. The Bertz CT molecular complexity index is 1060. The van der Waals surface area contributed by atoms with Gasteiger partial charge in [-0.3, -0.25) is 0 Å². The van der Waals surface area contributed by atoms with E-state index >= 15 is 0 Å². The first-order chi connectivity index (χ1) is 15.6. The van der Waals surface area contributed by atoms with Crippen LogP contribution in [-0.2, 0) is 0 Å². The Hall–Kier alpha value is -3.16. The molecule has 0 amide bonds. The molecule has 0 saturated heterocycles. The highest BCUT2D eigenvalue weighted by Gasteiger charge is 2.48. The number of hydrogen-bond donors (Lipinski definition) is 0. The predicted octanol–water partition coefficient (Wildman–Crippen LogP) is 4.45. The van der Waals surface area contributed by atoms with Crippen molar-refractivity contribution in [2.45, 2.75) is 32.1 Å². The van der Waals surface area contributed by atoms with Gasteiger partial charge in [0.2, 0.25) is 36.6 Å². The smallest absolute Gasteiger partial charge is 0.231 e. The van der Waals surface area contributed by atoms with Gasteiger partial charge in [0.25, 0.3) is 0 Å². The minimum Gasteiger partial charge on any atom is -0.493 e. The molecule has 3 atom stereocenters. The molecular formula is C24H28O8. The number of fused-ring (bicyclic) bond motifs is 3. The molecule has 0 saturated carbocycles. The molecule has 0 radical (unpaired) electrons. The zero-order chi connectivity index (χ0) is 22.6. The summed E-state index contributed by atoms with van der Waals surface area (Å²) in [5, 5.41) is 0. The van der Waals surface area contributed by atoms with Gasteiger partial charge in [-0.25, -0.2) is 0 Å². The summed E-state index contributed by atoms with van der Waals surface area (Å²) in [7, 11) is 6.58. The fourth-order valence-corrected chi connectivity index (χ4v) is 5.59. The molecule has 2 aromatic rings. The summed E-state index contributed by atoms with van der Waals surface area (Å²) in [5.74, 6) is 5.25. The maximum absolute atomic E-state index is 5.93. The first-order valence-corrected chi connectivity index (χ1v) is 10.7. The molecule has 0 bridgehead atoms. The van der Waals surface area contributed by atoms with Crippen molar-refractivity contribution in [3.63, 3.8) is 0 Å². The standard InChI is InChI=1S/C24H28O8/c1-7-12-11(2)15(13-8-14(25-3)19-22(18(13)26-4)30-9-29-19)17-16(12)20(27-5)23-24(21(17)28-6)32-10-31-23/h8,11-12,15H,7,9-10H2,1-6H3/t11-,12+,15-/m1/s1. The number of rotatable bonds is 6. The first kappa shape index (κ1) is 20.7. The Morgan fingerprint density at radius 3 is 1.81 bits per heavy atom. The topological polar surface area (TPSA) is 73.8 Å². The average Bonchev–Trinajstić information content (AvgIpc) is 3.54. The predicted molar refractivity (Wildman–Crippen MR) is 115 cm³/mol. The van der Waals surface area contributed by atoms with Gasteiger partial charge in [0.05, 0.1) is 28.4 Å². The molecule has 5 rings (SSSR count). The summed E-state index contributed by atoms with van der Waals surface area (Å²) in [6.45, 7) is 4.67. The Kier molecular flexibility index (Phi) is 5.03. The van der Waals surface area contributed by atoms with Crippen LogP contribution in [-0.4, -0.2) is 42.0 Å². The maximum Gasteiger partial charge on any atom is 0.231 e. The van der Waals surface area contributed by atoms with Crippen LogP contribution in [0.5, 0.6) is 46.0 Å². The van der Waals surface area contributed by atoms with Crippen molar-refractivity contribution in [3.8, 4) is 46.0 Å². The number of methoxy groups -OCH3 is 4. The number of ether oxygens (including phenoxy) is 8. The average molecular weight is 444 g/mol. The molecule has 3 aliphatic rings. The minimum atomic E-state index is -0.0772. The third-order valence-electron chi connectivity index (χ3n) is 6.85. The highest BCUT2D eigenvalue weighted by molar-refractivity contribution is 5.74. The van der Waals surface area contributed by atoms with E-state index in [9.17, 15) is 0 Å². The SMILES string of the molecule is CC[C@@H]1c2c(OC)c3c(c(OC)c2[C@@H](c2cc(OC)c4c(c2OC)OCO4)[C@@H]1C)OCO3. The van der Waals surface area contributed by atoms with Crippen molar-refractivity contribution in [2.24, 2.45) is 5.92 Å². The largest absolute Gasteiger partial charge is 0.493 e. The van der Waals surface area contributed by atoms with E-state index in [1.54, 1.807) is 28.4 Å². The molecule has 2 aromatic carbocycles. The van der Waals surface area contributed by atoms with E-state index in [-0.39, 0.29) is 31.3 Å². The van der Waals surface area contributed by atoms with Gasteiger partial charge in [-0.15, -0.1) is 0 Å². The van der Waals surface area contributed by atoms with E-state index < -0.39 is 0 Å². The van der Waals surface area contributed by atoms with Crippen LogP contribution in [0.25, 0.3) is 0 Å². The summed E-state index contributed by atoms with van der Waals surface area (Å²) in [6, 6.07) is 1.98. The fraction of sp³-hybridized carbons (Fsp3) is 0.500. The van der Waals surface area contributed by atoms with Crippen molar-refractivity contribution in [2.75, 3.05) is 42.0 Å². The zero-order valence-electron chi connectivity index (χ0n) is 19.2. The van der Waals surface area contributed by atoms with Crippen LogP contribution in [0.1, 0.15) is 48.8 Å². The lowest BCUT2D eigenvalue weighted by atomic mass is 9.82.